The predicted octanol–water partition coefficient (Wildman–Crippen LogP) is 12.9. The molecular weight excluding hydrogens is 650 g/mol. The second-order valence-corrected chi connectivity index (χ2v) is 13.4. The lowest BCUT2D eigenvalue weighted by molar-refractivity contribution is 0.622. The molecule has 2 heterocycles. The van der Waals surface area contributed by atoms with Gasteiger partial charge in [0.25, 0.3) is 0 Å². The highest BCUT2D eigenvalue weighted by Crippen LogP contribution is 2.42. The number of halogens is 1. The second-order valence-electron chi connectivity index (χ2n) is 13.4. The summed E-state index contributed by atoms with van der Waals surface area (Å²) >= 11 is 0. The Morgan fingerprint density at radius 2 is 0.906 bits per heavy atom. The summed E-state index contributed by atoms with van der Waals surface area (Å²) in [5.74, 6) is -0.277. The molecule has 0 saturated carbocycles. The van der Waals surface area contributed by atoms with Gasteiger partial charge in [0.05, 0.1) is 39.4 Å². The quantitative estimate of drug-likeness (QED) is 0.178. The van der Waals surface area contributed by atoms with Crippen LogP contribution < -0.4 is 0 Å². The van der Waals surface area contributed by atoms with E-state index in [1.54, 1.807) is 6.07 Å². The third-order valence-corrected chi connectivity index (χ3v) is 10.4. The molecule has 0 radical (unpaired) electrons. The number of nitriles is 1. The van der Waals surface area contributed by atoms with E-state index in [1.807, 2.05) is 91.0 Å². The molecule has 0 N–H and O–H groups in total. The van der Waals surface area contributed by atoms with Crippen LogP contribution in [0.15, 0.2) is 182 Å². The van der Waals surface area contributed by atoms with Crippen LogP contribution in [0, 0.1) is 17.1 Å². The van der Waals surface area contributed by atoms with Crippen molar-refractivity contribution in [2.45, 2.75) is 0 Å². The Hall–Kier alpha value is -7.22. The number of hydrogen-bond acceptors (Lipinski definition) is 1. The molecule has 4 heteroatoms. The summed E-state index contributed by atoms with van der Waals surface area (Å²) < 4.78 is 21.2. The highest BCUT2D eigenvalue weighted by atomic mass is 19.1. The topological polar surface area (TPSA) is 33.6 Å². The molecule has 0 atom stereocenters. The number of para-hydroxylation sites is 2. The van der Waals surface area contributed by atoms with Crippen molar-refractivity contribution < 1.29 is 4.39 Å². The molecule has 0 aliphatic carbocycles. The molecule has 0 aliphatic heterocycles. The lowest BCUT2D eigenvalue weighted by atomic mass is 9.96. The van der Waals surface area contributed by atoms with Crippen LogP contribution >= 0.6 is 0 Å². The third-order valence-electron chi connectivity index (χ3n) is 10.4. The van der Waals surface area contributed by atoms with Crippen molar-refractivity contribution in [1.82, 2.24) is 9.13 Å². The number of benzene rings is 8. The maximum Gasteiger partial charge on any atom is 0.148 e. The number of fused-ring (bicyclic) bond motifs is 6. The molecule has 8 aromatic carbocycles. The zero-order valence-electron chi connectivity index (χ0n) is 28.5. The zero-order valence-corrected chi connectivity index (χ0v) is 28.5. The van der Waals surface area contributed by atoms with Gasteiger partial charge in [-0.05, 0) is 101 Å². The van der Waals surface area contributed by atoms with Crippen molar-refractivity contribution in [3.05, 3.63) is 193 Å². The van der Waals surface area contributed by atoms with Crippen LogP contribution in [0.2, 0.25) is 0 Å². The molecular formula is C49H30FN3. The molecule has 53 heavy (non-hydrogen) atoms. The van der Waals surface area contributed by atoms with Gasteiger partial charge in [0.1, 0.15) is 5.82 Å². The minimum Gasteiger partial charge on any atom is -0.309 e. The fourth-order valence-corrected chi connectivity index (χ4v) is 7.97. The van der Waals surface area contributed by atoms with Crippen molar-refractivity contribution in [2.24, 2.45) is 0 Å². The van der Waals surface area contributed by atoms with Gasteiger partial charge >= 0.3 is 0 Å². The number of nitrogens with zero attached hydrogens (tertiary/aromatic N) is 3. The lowest BCUT2D eigenvalue weighted by Gasteiger charge is -2.17. The van der Waals surface area contributed by atoms with E-state index < -0.39 is 0 Å². The summed E-state index contributed by atoms with van der Waals surface area (Å²) in [6, 6.07) is 63.7. The molecule has 3 nitrogen and oxygen atoms in total. The van der Waals surface area contributed by atoms with E-state index in [9.17, 15) is 5.26 Å². The first-order chi connectivity index (χ1) is 26.2. The van der Waals surface area contributed by atoms with Crippen LogP contribution in [0.4, 0.5) is 4.39 Å². The third kappa shape index (κ3) is 4.94. The van der Waals surface area contributed by atoms with Gasteiger partial charge in [-0.15, -0.1) is 0 Å². The van der Waals surface area contributed by atoms with Crippen LogP contribution in [0.3, 0.4) is 0 Å². The fraction of sp³-hybridized carbons (Fsp3) is 0. The molecule has 0 unspecified atom stereocenters. The molecule has 10 rings (SSSR count). The monoisotopic (exact) mass is 679 g/mol. The van der Waals surface area contributed by atoms with Gasteiger partial charge in [-0.3, -0.25) is 0 Å². The fourth-order valence-electron chi connectivity index (χ4n) is 7.97. The first kappa shape index (κ1) is 30.6. The van der Waals surface area contributed by atoms with Crippen molar-refractivity contribution in [3.63, 3.8) is 0 Å². The smallest absolute Gasteiger partial charge is 0.148 e. The molecule has 0 spiro atoms. The maximum atomic E-state index is 16.8. The Balaban J connectivity index is 1.17. The van der Waals surface area contributed by atoms with Gasteiger partial charge in [0.15, 0.2) is 0 Å². The normalized spacial score (nSPS) is 11.5. The van der Waals surface area contributed by atoms with Crippen molar-refractivity contribution >= 4 is 43.6 Å². The van der Waals surface area contributed by atoms with E-state index in [4.69, 9.17) is 0 Å². The molecule has 10 aromatic rings. The lowest BCUT2D eigenvalue weighted by Crippen LogP contribution is -2.02. The molecule has 0 aliphatic rings. The summed E-state index contributed by atoms with van der Waals surface area (Å²) in [7, 11) is 0. The molecule has 0 amide bonds. The number of hydrogen-bond donors (Lipinski definition) is 0. The summed E-state index contributed by atoms with van der Waals surface area (Å²) in [5.41, 5.74) is 12.1. The van der Waals surface area contributed by atoms with E-state index in [1.165, 1.54) is 0 Å². The highest BCUT2D eigenvalue weighted by molar-refractivity contribution is 6.13. The van der Waals surface area contributed by atoms with Gasteiger partial charge in [0.2, 0.25) is 0 Å². The predicted molar refractivity (Wildman–Crippen MR) is 216 cm³/mol. The van der Waals surface area contributed by atoms with Gasteiger partial charge < -0.3 is 9.13 Å². The van der Waals surface area contributed by atoms with E-state index in [2.05, 4.69) is 100 Å². The first-order valence-electron chi connectivity index (χ1n) is 17.7. The minimum atomic E-state index is -0.277. The van der Waals surface area contributed by atoms with Crippen LogP contribution in [0.25, 0.3) is 88.4 Å². The van der Waals surface area contributed by atoms with E-state index in [0.717, 1.165) is 82.7 Å². The molecule has 0 saturated heterocycles. The maximum absolute atomic E-state index is 16.8. The second kappa shape index (κ2) is 12.2. The largest absolute Gasteiger partial charge is 0.309 e. The van der Waals surface area contributed by atoms with Crippen LogP contribution in [-0.2, 0) is 0 Å². The summed E-state index contributed by atoms with van der Waals surface area (Å²) in [6.07, 6.45) is 0. The Bertz CT molecular complexity index is 3060. The van der Waals surface area contributed by atoms with Crippen molar-refractivity contribution in [3.8, 4) is 50.8 Å². The SMILES string of the molecule is N#Cc1ccc(-n2c3ccccc3c3cc(-c4ccc5c(c4)c4ccccc4n5-c4c(F)cc(-c5ccccc5)cc4-c4ccccc4)ccc32)cc1. The average molecular weight is 680 g/mol. The highest BCUT2D eigenvalue weighted by Gasteiger charge is 2.21. The molecule has 0 bridgehead atoms. The zero-order chi connectivity index (χ0) is 35.5. The Morgan fingerprint density at radius 3 is 1.51 bits per heavy atom. The van der Waals surface area contributed by atoms with Crippen LogP contribution in [0.1, 0.15) is 5.56 Å². The summed E-state index contributed by atoms with van der Waals surface area (Å²) in [5, 5.41) is 13.8. The molecule has 2 aromatic heterocycles. The minimum absolute atomic E-state index is 0.277. The standard InChI is InChI=1S/C49H30FN3/c50-44-30-37(33-11-3-1-4-12-33)29-41(34-13-5-2-6-14-34)49(44)53-46-18-10-8-16-40(46)43-28-36(22-26-48(43)53)35-21-25-47-42(27-35)39-15-7-9-17-45(39)52(47)38-23-19-32(31-51)20-24-38/h1-30H. The Kier molecular flexibility index (Phi) is 7.06. The van der Waals surface area contributed by atoms with Gasteiger partial charge in [-0.1, -0.05) is 109 Å². The first-order valence-corrected chi connectivity index (χ1v) is 17.7. The van der Waals surface area contributed by atoms with Crippen molar-refractivity contribution in [1.29, 1.82) is 5.26 Å². The summed E-state index contributed by atoms with van der Waals surface area (Å²) in [4.78, 5) is 0. The van der Waals surface area contributed by atoms with Crippen LogP contribution in [0.5, 0.6) is 0 Å². The van der Waals surface area contributed by atoms with E-state index >= 15 is 4.39 Å². The van der Waals surface area contributed by atoms with E-state index in [0.29, 0.717) is 11.3 Å². The Labute approximate surface area is 305 Å². The molecule has 0 fully saturated rings. The molecule has 248 valence electrons. The average Bonchev–Trinajstić information content (AvgIpc) is 3.73. The number of rotatable bonds is 5. The number of aromatic nitrogens is 2. The van der Waals surface area contributed by atoms with Crippen molar-refractivity contribution in [2.75, 3.05) is 0 Å². The Morgan fingerprint density at radius 1 is 0.396 bits per heavy atom. The van der Waals surface area contributed by atoms with Crippen LogP contribution in [-0.4, -0.2) is 9.13 Å². The summed E-state index contributed by atoms with van der Waals surface area (Å²) in [6.45, 7) is 0. The van der Waals surface area contributed by atoms with Gasteiger partial charge in [0, 0.05) is 32.8 Å². The van der Waals surface area contributed by atoms with Gasteiger partial charge in [-0.2, -0.15) is 5.26 Å². The van der Waals surface area contributed by atoms with E-state index in [-0.39, 0.29) is 5.82 Å². The van der Waals surface area contributed by atoms with Gasteiger partial charge in [-0.25, -0.2) is 4.39 Å².